The van der Waals surface area contributed by atoms with Crippen LogP contribution in [-0.2, 0) is 11.3 Å². The summed E-state index contributed by atoms with van der Waals surface area (Å²) in [6.45, 7) is 4.27. The zero-order valence-electron chi connectivity index (χ0n) is 10.2. The predicted octanol–water partition coefficient (Wildman–Crippen LogP) is 3.57. The lowest BCUT2D eigenvalue weighted by Gasteiger charge is -2.37. The van der Waals surface area contributed by atoms with E-state index in [4.69, 9.17) is 4.74 Å². The van der Waals surface area contributed by atoms with Crippen molar-refractivity contribution < 1.29 is 9.13 Å². The molecule has 0 amide bonds. The largest absolute Gasteiger partial charge is 0.374 e. The van der Waals surface area contributed by atoms with Crippen LogP contribution in [0.2, 0.25) is 0 Å². The summed E-state index contributed by atoms with van der Waals surface area (Å²) in [4.78, 5) is 2.26. The number of halogens is 3. The van der Waals surface area contributed by atoms with Crippen LogP contribution < -0.4 is 0 Å². The highest BCUT2D eigenvalue weighted by molar-refractivity contribution is 9.10. The molecular weight excluding hydrogens is 365 g/mol. The molecule has 2 rings (SSSR count). The minimum absolute atomic E-state index is 0.146. The van der Waals surface area contributed by atoms with E-state index in [0.29, 0.717) is 19.2 Å². The van der Waals surface area contributed by atoms with Gasteiger partial charge in [-0.05, 0) is 25.1 Å². The van der Waals surface area contributed by atoms with Crippen molar-refractivity contribution in [2.45, 2.75) is 25.6 Å². The fraction of sp³-hybridized carbons (Fsp3) is 0.538. The smallest absolute Gasteiger partial charge is 0.127 e. The molecule has 1 aromatic rings. The fourth-order valence-corrected chi connectivity index (χ4v) is 2.87. The third-order valence-corrected chi connectivity index (χ3v) is 4.40. The lowest BCUT2D eigenvalue weighted by molar-refractivity contribution is -0.0502. The highest BCUT2D eigenvalue weighted by Crippen LogP contribution is 2.21. The Labute approximate surface area is 124 Å². The lowest BCUT2D eigenvalue weighted by Crippen LogP contribution is -2.48. The monoisotopic (exact) mass is 379 g/mol. The molecule has 1 aliphatic rings. The van der Waals surface area contributed by atoms with Crippen molar-refractivity contribution in [2.24, 2.45) is 0 Å². The molecule has 1 saturated heterocycles. The Morgan fingerprint density at radius 1 is 1.50 bits per heavy atom. The molecule has 18 heavy (non-hydrogen) atoms. The number of benzene rings is 1. The molecule has 5 heteroatoms. The van der Waals surface area contributed by atoms with Crippen LogP contribution in [0.15, 0.2) is 22.7 Å². The van der Waals surface area contributed by atoms with Crippen molar-refractivity contribution in [2.75, 3.05) is 18.5 Å². The summed E-state index contributed by atoms with van der Waals surface area (Å²) in [5.74, 6) is -0.146. The minimum atomic E-state index is -0.146. The normalized spacial score (nSPS) is 25.3. The second kappa shape index (κ2) is 6.46. The number of alkyl halides is 1. The van der Waals surface area contributed by atoms with Crippen molar-refractivity contribution in [3.8, 4) is 0 Å². The van der Waals surface area contributed by atoms with E-state index in [2.05, 4.69) is 43.7 Å². The van der Waals surface area contributed by atoms with Crippen LogP contribution in [0, 0.1) is 5.82 Å². The summed E-state index contributed by atoms with van der Waals surface area (Å²) >= 11 is 6.82. The topological polar surface area (TPSA) is 12.5 Å². The molecule has 1 fully saturated rings. The third-order valence-electron chi connectivity index (χ3n) is 3.19. The van der Waals surface area contributed by atoms with Gasteiger partial charge in [0.2, 0.25) is 0 Å². The Kier molecular flexibility index (Phi) is 5.18. The molecule has 0 aliphatic carbocycles. The van der Waals surface area contributed by atoms with E-state index in [9.17, 15) is 4.39 Å². The first kappa shape index (κ1) is 14.4. The maximum absolute atomic E-state index is 13.7. The highest BCUT2D eigenvalue weighted by Gasteiger charge is 2.25. The van der Waals surface area contributed by atoms with Crippen LogP contribution >= 0.6 is 31.9 Å². The molecule has 0 saturated carbocycles. The molecule has 0 spiro atoms. The Balaban J connectivity index is 2.09. The minimum Gasteiger partial charge on any atom is -0.374 e. The molecule has 2 unspecified atom stereocenters. The van der Waals surface area contributed by atoms with E-state index in [0.717, 1.165) is 21.9 Å². The SMILES string of the molecule is CC1COC(CBr)CN1Cc1cc(Br)ccc1F. The molecular formula is C13H16Br2FNO. The number of hydrogen-bond acceptors (Lipinski definition) is 2. The first-order valence-electron chi connectivity index (χ1n) is 5.95. The number of rotatable bonds is 3. The number of ether oxygens (including phenoxy) is 1. The standard InChI is InChI=1S/C13H16Br2FNO/c1-9-8-18-12(5-14)7-17(9)6-10-4-11(15)2-3-13(10)16/h2-4,9,12H,5-8H2,1H3. The van der Waals surface area contributed by atoms with Crippen molar-refractivity contribution >= 4 is 31.9 Å². The van der Waals surface area contributed by atoms with Crippen molar-refractivity contribution in [1.29, 1.82) is 0 Å². The van der Waals surface area contributed by atoms with E-state index >= 15 is 0 Å². The molecule has 1 aliphatic heterocycles. The summed E-state index contributed by atoms with van der Waals surface area (Å²) < 4.78 is 20.3. The van der Waals surface area contributed by atoms with Crippen LogP contribution in [0.4, 0.5) is 4.39 Å². The summed E-state index contributed by atoms with van der Waals surface area (Å²) in [5, 5.41) is 0.817. The lowest BCUT2D eigenvalue weighted by atomic mass is 10.1. The van der Waals surface area contributed by atoms with E-state index < -0.39 is 0 Å². The Hall–Kier alpha value is 0.0300. The van der Waals surface area contributed by atoms with Crippen LogP contribution in [0.5, 0.6) is 0 Å². The van der Waals surface area contributed by atoms with Gasteiger partial charge in [0.15, 0.2) is 0 Å². The number of nitrogens with zero attached hydrogens (tertiary/aromatic N) is 1. The van der Waals surface area contributed by atoms with Gasteiger partial charge >= 0.3 is 0 Å². The second-order valence-electron chi connectivity index (χ2n) is 4.62. The third kappa shape index (κ3) is 3.53. The first-order chi connectivity index (χ1) is 8.60. The fourth-order valence-electron chi connectivity index (χ4n) is 2.07. The molecule has 2 atom stereocenters. The number of morpholine rings is 1. The maximum atomic E-state index is 13.7. The summed E-state index contributed by atoms with van der Waals surface area (Å²) in [6, 6.07) is 5.40. The van der Waals surface area contributed by atoms with Gasteiger partial charge in [-0.3, -0.25) is 4.90 Å². The van der Waals surface area contributed by atoms with Gasteiger partial charge in [-0.1, -0.05) is 31.9 Å². The zero-order chi connectivity index (χ0) is 13.1. The Morgan fingerprint density at radius 3 is 3.00 bits per heavy atom. The van der Waals surface area contributed by atoms with Crippen molar-refractivity contribution in [1.82, 2.24) is 4.90 Å². The van der Waals surface area contributed by atoms with Crippen LogP contribution in [-0.4, -0.2) is 35.5 Å². The van der Waals surface area contributed by atoms with Crippen molar-refractivity contribution in [3.05, 3.63) is 34.1 Å². The average Bonchev–Trinajstić information content (AvgIpc) is 2.36. The average molecular weight is 381 g/mol. The number of hydrogen-bond donors (Lipinski definition) is 0. The first-order valence-corrected chi connectivity index (χ1v) is 7.87. The van der Waals surface area contributed by atoms with Gasteiger partial charge in [0.05, 0.1) is 12.7 Å². The molecule has 1 heterocycles. The molecule has 0 bridgehead atoms. The summed E-state index contributed by atoms with van der Waals surface area (Å²) in [5.41, 5.74) is 0.728. The Morgan fingerprint density at radius 2 is 2.28 bits per heavy atom. The van der Waals surface area contributed by atoms with Crippen LogP contribution in [0.3, 0.4) is 0 Å². The van der Waals surface area contributed by atoms with Gasteiger partial charge in [-0.15, -0.1) is 0 Å². The van der Waals surface area contributed by atoms with Gasteiger partial charge in [-0.25, -0.2) is 4.39 Å². The van der Waals surface area contributed by atoms with Crippen LogP contribution in [0.25, 0.3) is 0 Å². The molecule has 0 N–H and O–H groups in total. The highest BCUT2D eigenvalue weighted by atomic mass is 79.9. The molecule has 2 nitrogen and oxygen atoms in total. The summed E-state index contributed by atoms with van der Waals surface area (Å²) in [6.07, 6.45) is 0.191. The Bertz CT molecular complexity index is 416. The van der Waals surface area contributed by atoms with E-state index in [1.165, 1.54) is 6.07 Å². The van der Waals surface area contributed by atoms with E-state index in [1.54, 1.807) is 6.07 Å². The molecule has 0 radical (unpaired) electrons. The molecule has 100 valence electrons. The molecule has 0 aromatic heterocycles. The van der Waals surface area contributed by atoms with Crippen LogP contribution in [0.1, 0.15) is 12.5 Å². The van der Waals surface area contributed by atoms with Gasteiger partial charge in [0, 0.05) is 34.5 Å². The second-order valence-corrected chi connectivity index (χ2v) is 6.19. The van der Waals surface area contributed by atoms with Gasteiger partial charge < -0.3 is 4.74 Å². The predicted molar refractivity (Wildman–Crippen MR) is 77.5 cm³/mol. The van der Waals surface area contributed by atoms with Gasteiger partial charge in [0.25, 0.3) is 0 Å². The maximum Gasteiger partial charge on any atom is 0.127 e. The van der Waals surface area contributed by atoms with E-state index in [-0.39, 0.29) is 11.9 Å². The van der Waals surface area contributed by atoms with Crippen molar-refractivity contribution in [3.63, 3.8) is 0 Å². The van der Waals surface area contributed by atoms with Gasteiger partial charge in [0.1, 0.15) is 5.82 Å². The molecule has 1 aromatic carbocycles. The quantitative estimate of drug-likeness (QED) is 0.743. The zero-order valence-corrected chi connectivity index (χ0v) is 13.4. The summed E-state index contributed by atoms with van der Waals surface area (Å²) in [7, 11) is 0. The van der Waals surface area contributed by atoms with E-state index in [1.807, 2.05) is 6.07 Å². The van der Waals surface area contributed by atoms with Gasteiger partial charge in [-0.2, -0.15) is 0 Å².